The van der Waals surface area contributed by atoms with Crippen LogP contribution in [0.1, 0.15) is 46.5 Å². The van der Waals surface area contributed by atoms with Crippen molar-refractivity contribution in [2.45, 2.75) is 52.6 Å². The van der Waals surface area contributed by atoms with Gasteiger partial charge in [0, 0.05) is 5.41 Å². The van der Waals surface area contributed by atoms with Crippen LogP contribution in [-0.2, 0) is 9.53 Å². The van der Waals surface area contributed by atoms with Crippen LogP contribution in [0.3, 0.4) is 0 Å². The Balaban J connectivity index is 2.11. The molecule has 0 N–H and O–H groups in total. The highest BCUT2D eigenvalue weighted by atomic mass is 16.5. The normalized spacial score (nSPS) is 39.4. The molecule has 0 aromatic heterocycles. The first kappa shape index (κ1) is 11.4. The molecule has 88 valence electrons. The van der Waals surface area contributed by atoms with Crippen LogP contribution >= 0.6 is 0 Å². The third-order valence-corrected chi connectivity index (χ3v) is 5.21. The zero-order chi connectivity index (χ0) is 12.0. The molecule has 2 aliphatic carbocycles. The molecule has 0 aliphatic heterocycles. The molecule has 3 heteroatoms. The Hall–Kier alpha value is -1.04. The fraction of sp³-hybridized carbons (Fsp3) is 0.846. The Kier molecular flexibility index (Phi) is 2.49. The fourth-order valence-corrected chi connectivity index (χ4v) is 3.57. The second kappa shape index (κ2) is 3.48. The van der Waals surface area contributed by atoms with Crippen LogP contribution in [0, 0.1) is 28.1 Å². The van der Waals surface area contributed by atoms with Gasteiger partial charge in [0.2, 0.25) is 0 Å². The van der Waals surface area contributed by atoms with E-state index in [1.165, 1.54) is 6.42 Å². The van der Waals surface area contributed by atoms with E-state index < -0.39 is 0 Å². The van der Waals surface area contributed by atoms with Crippen LogP contribution in [0.2, 0.25) is 0 Å². The summed E-state index contributed by atoms with van der Waals surface area (Å²) >= 11 is 0. The number of hydrogen-bond donors (Lipinski definition) is 0. The van der Waals surface area contributed by atoms with Crippen molar-refractivity contribution in [1.82, 2.24) is 0 Å². The van der Waals surface area contributed by atoms with Gasteiger partial charge in [-0.05, 0) is 30.6 Å². The van der Waals surface area contributed by atoms with Gasteiger partial charge in [0.25, 0.3) is 0 Å². The number of nitrogens with zero attached hydrogens (tertiary/aromatic N) is 1. The molecule has 0 heterocycles. The molecule has 0 aromatic rings. The van der Waals surface area contributed by atoms with Crippen molar-refractivity contribution >= 4 is 5.97 Å². The van der Waals surface area contributed by atoms with E-state index in [-0.39, 0.29) is 29.3 Å². The Labute approximate surface area is 96.8 Å². The highest BCUT2D eigenvalue weighted by Gasteiger charge is 2.62. The average Bonchev–Trinajstić information content (AvgIpc) is 2.51. The summed E-state index contributed by atoms with van der Waals surface area (Å²) in [6, 6.07) is 1.84. The lowest BCUT2D eigenvalue weighted by Crippen LogP contribution is -2.38. The molecular formula is C13H19NO2. The Bertz CT molecular complexity index is 355. The minimum Gasteiger partial charge on any atom is -0.461 e. The Morgan fingerprint density at radius 2 is 2.19 bits per heavy atom. The maximum absolute atomic E-state index is 11.4. The first-order chi connectivity index (χ1) is 7.41. The van der Waals surface area contributed by atoms with E-state index in [1.807, 2.05) is 6.07 Å². The molecule has 0 amide bonds. The van der Waals surface area contributed by atoms with Gasteiger partial charge in [-0.1, -0.05) is 20.8 Å². The summed E-state index contributed by atoms with van der Waals surface area (Å²) in [6.07, 6.45) is 3.24. The lowest BCUT2D eigenvalue weighted by Gasteiger charge is -2.38. The summed E-state index contributed by atoms with van der Waals surface area (Å²) in [5.41, 5.74) is 0.355. The maximum Gasteiger partial charge on any atom is 0.320 e. The average molecular weight is 221 g/mol. The largest absolute Gasteiger partial charge is 0.461 e. The summed E-state index contributed by atoms with van der Waals surface area (Å²) in [5.74, 6) is 0.300. The van der Waals surface area contributed by atoms with E-state index in [9.17, 15) is 4.79 Å². The van der Waals surface area contributed by atoms with Crippen molar-refractivity contribution in [2.24, 2.45) is 16.7 Å². The van der Waals surface area contributed by atoms with E-state index >= 15 is 0 Å². The summed E-state index contributed by atoms with van der Waals surface area (Å²) < 4.78 is 5.46. The first-order valence-electron chi connectivity index (χ1n) is 5.98. The molecule has 2 fully saturated rings. The number of rotatable bonds is 2. The monoisotopic (exact) mass is 221 g/mol. The fourth-order valence-electron chi connectivity index (χ4n) is 3.57. The summed E-state index contributed by atoms with van der Waals surface area (Å²) in [4.78, 5) is 11.4. The lowest BCUT2D eigenvalue weighted by atomic mass is 9.70. The SMILES string of the molecule is CC1(C)[C@H]2CC[C@]1(C)[C@H](OC(=O)CC#N)C2. The van der Waals surface area contributed by atoms with Crippen molar-refractivity contribution in [1.29, 1.82) is 5.26 Å². The zero-order valence-electron chi connectivity index (χ0n) is 10.2. The third kappa shape index (κ3) is 1.36. The van der Waals surface area contributed by atoms with Gasteiger partial charge in [-0.3, -0.25) is 4.79 Å². The van der Waals surface area contributed by atoms with Gasteiger partial charge in [0.05, 0.1) is 6.07 Å². The number of ether oxygens (including phenoxy) is 1. The molecule has 2 rings (SSSR count). The van der Waals surface area contributed by atoms with Crippen LogP contribution in [0.5, 0.6) is 0 Å². The molecule has 2 aliphatic rings. The maximum atomic E-state index is 11.4. The molecule has 3 atom stereocenters. The first-order valence-corrected chi connectivity index (χ1v) is 5.98. The van der Waals surface area contributed by atoms with Crippen LogP contribution < -0.4 is 0 Å². The number of carbonyl (C=O) groups excluding carboxylic acids is 1. The van der Waals surface area contributed by atoms with Crippen molar-refractivity contribution in [3.8, 4) is 6.07 Å². The second-order valence-corrected chi connectivity index (χ2v) is 5.92. The number of fused-ring (bicyclic) bond motifs is 2. The van der Waals surface area contributed by atoms with Crippen molar-refractivity contribution in [3.05, 3.63) is 0 Å². The van der Waals surface area contributed by atoms with Crippen LogP contribution in [0.4, 0.5) is 0 Å². The summed E-state index contributed by atoms with van der Waals surface area (Å²) in [6.45, 7) is 6.79. The summed E-state index contributed by atoms with van der Waals surface area (Å²) in [5, 5.41) is 8.46. The van der Waals surface area contributed by atoms with Crippen molar-refractivity contribution in [3.63, 3.8) is 0 Å². The van der Waals surface area contributed by atoms with Crippen molar-refractivity contribution in [2.75, 3.05) is 0 Å². The van der Waals surface area contributed by atoms with E-state index in [2.05, 4.69) is 20.8 Å². The second-order valence-electron chi connectivity index (χ2n) is 5.92. The molecule has 2 saturated carbocycles. The van der Waals surface area contributed by atoms with Crippen molar-refractivity contribution < 1.29 is 9.53 Å². The number of carbonyl (C=O) groups is 1. The molecule has 0 spiro atoms. The minimum atomic E-state index is -0.364. The van der Waals surface area contributed by atoms with Gasteiger partial charge >= 0.3 is 5.97 Å². The molecule has 3 nitrogen and oxygen atoms in total. The van der Waals surface area contributed by atoms with Crippen LogP contribution in [-0.4, -0.2) is 12.1 Å². The van der Waals surface area contributed by atoms with Gasteiger partial charge in [0.15, 0.2) is 0 Å². The smallest absolute Gasteiger partial charge is 0.320 e. The summed E-state index contributed by atoms with van der Waals surface area (Å²) in [7, 11) is 0. The van der Waals surface area contributed by atoms with E-state index in [0.29, 0.717) is 5.92 Å². The molecule has 16 heavy (non-hydrogen) atoms. The number of hydrogen-bond acceptors (Lipinski definition) is 3. The Morgan fingerprint density at radius 3 is 2.62 bits per heavy atom. The molecule has 0 saturated heterocycles. The predicted molar refractivity (Wildman–Crippen MR) is 59.3 cm³/mol. The molecule has 0 radical (unpaired) electrons. The standard InChI is InChI=1S/C13H19NO2/c1-12(2)9-4-6-13(12,3)10(8-9)16-11(15)5-7-14/h9-10H,4-6,8H2,1-3H3/t9-,10+,13+/m0/s1. The number of nitriles is 1. The highest BCUT2D eigenvalue weighted by molar-refractivity contribution is 5.72. The van der Waals surface area contributed by atoms with Gasteiger partial charge < -0.3 is 4.74 Å². The predicted octanol–water partition coefficient (Wildman–Crippen LogP) is 2.66. The molecule has 0 aromatic carbocycles. The minimum absolute atomic E-state index is 0.0158. The molecule has 2 bridgehead atoms. The lowest BCUT2D eigenvalue weighted by molar-refractivity contribution is -0.155. The highest BCUT2D eigenvalue weighted by Crippen LogP contribution is 2.66. The van der Waals surface area contributed by atoms with Gasteiger partial charge in [-0.15, -0.1) is 0 Å². The topological polar surface area (TPSA) is 50.1 Å². The molecular weight excluding hydrogens is 202 g/mol. The third-order valence-electron chi connectivity index (χ3n) is 5.21. The zero-order valence-corrected chi connectivity index (χ0v) is 10.2. The number of esters is 1. The van der Waals surface area contributed by atoms with Gasteiger partial charge in [-0.25, -0.2) is 0 Å². The van der Waals surface area contributed by atoms with E-state index in [0.717, 1.165) is 12.8 Å². The van der Waals surface area contributed by atoms with Gasteiger partial charge in [-0.2, -0.15) is 5.26 Å². The Morgan fingerprint density at radius 1 is 1.50 bits per heavy atom. The van der Waals surface area contributed by atoms with E-state index in [1.54, 1.807) is 0 Å². The van der Waals surface area contributed by atoms with Gasteiger partial charge in [0.1, 0.15) is 12.5 Å². The van der Waals surface area contributed by atoms with Crippen LogP contribution in [0.25, 0.3) is 0 Å². The molecule has 0 unspecified atom stereocenters. The van der Waals surface area contributed by atoms with Crippen LogP contribution in [0.15, 0.2) is 0 Å². The quantitative estimate of drug-likeness (QED) is 0.673. The van der Waals surface area contributed by atoms with E-state index in [4.69, 9.17) is 10.00 Å².